The molecule has 4 heteroatoms. The van der Waals surface area contributed by atoms with Crippen molar-refractivity contribution in [3.8, 4) is 6.07 Å². The maximum atomic E-state index is 9.29. The van der Waals surface area contributed by atoms with Gasteiger partial charge in [0.05, 0.1) is 17.4 Å². The number of anilines is 3. The summed E-state index contributed by atoms with van der Waals surface area (Å²) >= 11 is 0. The first kappa shape index (κ1) is 12.5. The van der Waals surface area contributed by atoms with E-state index < -0.39 is 0 Å². The van der Waals surface area contributed by atoms with Crippen LogP contribution in [-0.4, -0.2) is 11.5 Å². The van der Waals surface area contributed by atoms with E-state index in [1.54, 1.807) is 12.3 Å². The molecule has 1 aliphatic rings. The lowest BCUT2D eigenvalue weighted by molar-refractivity contribution is 0.758. The number of hydrogen-bond acceptors (Lipinski definition) is 4. The molecule has 100 valence electrons. The minimum absolute atomic E-state index is 0.520. The highest BCUT2D eigenvalue weighted by Crippen LogP contribution is 2.34. The van der Waals surface area contributed by atoms with E-state index >= 15 is 0 Å². The van der Waals surface area contributed by atoms with Crippen molar-refractivity contribution in [1.82, 2.24) is 4.98 Å². The fourth-order valence-corrected chi connectivity index (χ4v) is 2.72. The van der Waals surface area contributed by atoms with Gasteiger partial charge in [0.1, 0.15) is 6.07 Å². The van der Waals surface area contributed by atoms with Crippen molar-refractivity contribution < 1.29 is 0 Å². The standard InChI is InChI=1S/C16H16N4/c1-11-4-5-15-12(7-11)3-2-6-20(15)16-13(9-17)8-14(18)10-19-16/h4-5,7-8,10H,2-3,6,18H2,1H3. The average molecular weight is 264 g/mol. The van der Waals surface area contributed by atoms with Gasteiger partial charge in [-0.05, 0) is 37.5 Å². The topological polar surface area (TPSA) is 65.9 Å². The summed E-state index contributed by atoms with van der Waals surface area (Å²) < 4.78 is 0. The average Bonchev–Trinajstić information content (AvgIpc) is 2.46. The molecule has 0 aliphatic carbocycles. The van der Waals surface area contributed by atoms with Crippen LogP contribution in [-0.2, 0) is 6.42 Å². The number of hydrogen-bond donors (Lipinski definition) is 1. The summed E-state index contributed by atoms with van der Waals surface area (Å²) in [5.41, 5.74) is 10.5. The lowest BCUT2D eigenvalue weighted by atomic mass is 9.99. The summed E-state index contributed by atoms with van der Waals surface area (Å²) in [5.74, 6) is 0.700. The van der Waals surface area contributed by atoms with Gasteiger partial charge in [-0.25, -0.2) is 4.98 Å². The van der Waals surface area contributed by atoms with Crippen LogP contribution in [0.4, 0.5) is 17.2 Å². The van der Waals surface area contributed by atoms with E-state index in [1.165, 1.54) is 11.1 Å². The Hall–Kier alpha value is -2.54. The number of nitrogen functional groups attached to an aromatic ring is 1. The van der Waals surface area contributed by atoms with E-state index in [2.05, 4.69) is 41.1 Å². The summed E-state index contributed by atoms with van der Waals surface area (Å²) in [4.78, 5) is 6.49. The maximum Gasteiger partial charge on any atom is 0.151 e. The minimum Gasteiger partial charge on any atom is -0.397 e. The Bertz CT molecular complexity index is 700. The van der Waals surface area contributed by atoms with Crippen molar-refractivity contribution in [2.75, 3.05) is 17.2 Å². The summed E-state index contributed by atoms with van der Waals surface area (Å²) in [6.07, 6.45) is 3.75. The van der Waals surface area contributed by atoms with Gasteiger partial charge in [0.15, 0.2) is 5.82 Å². The van der Waals surface area contributed by atoms with E-state index in [0.29, 0.717) is 17.1 Å². The van der Waals surface area contributed by atoms with Gasteiger partial charge in [-0.3, -0.25) is 0 Å². The fourth-order valence-electron chi connectivity index (χ4n) is 2.72. The first-order valence-electron chi connectivity index (χ1n) is 6.72. The number of benzene rings is 1. The zero-order valence-electron chi connectivity index (χ0n) is 11.4. The third kappa shape index (κ3) is 2.08. The van der Waals surface area contributed by atoms with Crippen LogP contribution in [0.25, 0.3) is 0 Å². The molecule has 0 amide bonds. The lowest BCUT2D eigenvalue weighted by Gasteiger charge is -2.31. The molecule has 20 heavy (non-hydrogen) atoms. The van der Waals surface area contributed by atoms with Gasteiger partial charge in [0.2, 0.25) is 0 Å². The predicted molar refractivity (Wildman–Crippen MR) is 79.9 cm³/mol. The second-order valence-electron chi connectivity index (χ2n) is 5.14. The molecule has 0 spiro atoms. The van der Waals surface area contributed by atoms with Gasteiger partial charge in [-0.1, -0.05) is 17.7 Å². The van der Waals surface area contributed by atoms with Crippen LogP contribution >= 0.6 is 0 Å². The SMILES string of the molecule is Cc1ccc2c(c1)CCCN2c1ncc(N)cc1C#N. The van der Waals surface area contributed by atoms with Crippen molar-refractivity contribution in [3.05, 3.63) is 47.2 Å². The second-order valence-corrected chi connectivity index (χ2v) is 5.14. The molecule has 1 aliphatic heterocycles. The normalized spacial score (nSPS) is 13.7. The quantitative estimate of drug-likeness (QED) is 0.860. The molecule has 2 aromatic rings. The summed E-state index contributed by atoms with van der Waals surface area (Å²) in [6.45, 7) is 2.98. The molecule has 0 atom stereocenters. The number of fused-ring (bicyclic) bond motifs is 1. The molecule has 1 aromatic heterocycles. The molecular weight excluding hydrogens is 248 g/mol. The van der Waals surface area contributed by atoms with Crippen LogP contribution in [0.5, 0.6) is 0 Å². The molecule has 0 fully saturated rings. The van der Waals surface area contributed by atoms with Crippen LogP contribution < -0.4 is 10.6 Å². The Morgan fingerprint density at radius 2 is 2.20 bits per heavy atom. The van der Waals surface area contributed by atoms with Crippen LogP contribution in [0.3, 0.4) is 0 Å². The zero-order chi connectivity index (χ0) is 14.1. The first-order chi connectivity index (χ1) is 9.69. The monoisotopic (exact) mass is 264 g/mol. The van der Waals surface area contributed by atoms with Gasteiger partial charge in [0, 0.05) is 12.2 Å². The van der Waals surface area contributed by atoms with Gasteiger partial charge < -0.3 is 10.6 Å². The molecule has 3 rings (SSSR count). The molecule has 0 unspecified atom stereocenters. The summed E-state index contributed by atoms with van der Waals surface area (Å²) in [7, 11) is 0. The van der Waals surface area contributed by atoms with Crippen LogP contribution in [0.2, 0.25) is 0 Å². The van der Waals surface area contributed by atoms with Crippen molar-refractivity contribution >= 4 is 17.2 Å². The molecule has 2 heterocycles. The summed E-state index contributed by atoms with van der Waals surface area (Å²) in [5, 5.41) is 9.29. The van der Waals surface area contributed by atoms with Crippen molar-refractivity contribution in [2.24, 2.45) is 0 Å². The van der Waals surface area contributed by atoms with Crippen LogP contribution in [0.15, 0.2) is 30.5 Å². The molecule has 1 aromatic carbocycles. The minimum atomic E-state index is 0.520. The number of aryl methyl sites for hydroxylation is 2. The molecular formula is C16H16N4. The lowest BCUT2D eigenvalue weighted by Crippen LogP contribution is -2.26. The van der Waals surface area contributed by atoms with E-state index in [1.807, 2.05) is 0 Å². The highest BCUT2D eigenvalue weighted by atomic mass is 15.2. The first-order valence-corrected chi connectivity index (χ1v) is 6.72. The Kier molecular flexibility index (Phi) is 3.03. The van der Waals surface area contributed by atoms with Crippen molar-refractivity contribution in [1.29, 1.82) is 5.26 Å². The molecule has 0 radical (unpaired) electrons. The number of nitrogens with two attached hydrogens (primary N) is 1. The smallest absolute Gasteiger partial charge is 0.151 e. The van der Waals surface area contributed by atoms with E-state index in [4.69, 9.17) is 5.73 Å². The maximum absolute atomic E-state index is 9.29. The highest BCUT2D eigenvalue weighted by molar-refractivity contribution is 5.71. The van der Waals surface area contributed by atoms with Gasteiger partial charge in [-0.15, -0.1) is 0 Å². The zero-order valence-corrected chi connectivity index (χ0v) is 11.4. The largest absolute Gasteiger partial charge is 0.397 e. The number of rotatable bonds is 1. The molecule has 0 saturated carbocycles. The van der Waals surface area contributed by atoms with E-state index in [-0.39, 0.29) is 0 Å². The third-order valence-corrected chi connectivity index (χ3v) is 3.62. The molecule has 2 N–H and O–H groups in total. The van der Waals surface area contributed by atoms with Crippen LogP contribution in [0.1, 0.15) is 23.1 Å². The fraction of sp³-hybridized carbons (Fsp3) is 0.250. The number of nitrogens with zero attached hydrogens (tertiary/aromatic N) is 3. The van der Waals surface area contributed by atoms with Gasteiger partial charge >= 0.3 is 0 Å². The van der Waals surface area contributed by atoms with Gasteiger partial charge in [0.25, 0.3) is 0 Å². The Labute approximate surface area is 118 Å². The van der Waals surface area contributed by atoms with E-state index in [9.17, 15) is 5.26 Å². The number of nitriles is 1. The van der Waals surface area contributed by atoms with E-state index in [0.717, 1.165) is 25.1 Å². The number of pyridine rings is 1. The third-order valence-electron chi connectivity index (χ3n) is 3.62. The summed E-state index contributed by atoms with van der Waals surface area (Å²) in [6, 6.07) is 10.3. The Morgan fingerprint density at radius 3 is 3.00 bits per heavy atom. The van der Waals surface area contributed by atoms with Crippen molar-refractivity contribution in [3.63, 3.8) is 0 Å². The van der Waals surface area contributed by atoms with Crippen molar-refractivity contribution in [2.45, 2.75) is 19.8 Å². The molecule has 4 nitrogen and oxygen atoms in total. The van der Waals surface area contributed by atoms with Gasteiger partial charge in [-0.2, -0.15) is 5.26 Å². The predicted octanol–water partition coefficient (Wildman–Crippen LogP) is 2.93. The number of aromatic nitrogens is 1. The highest BCUT2D eigenvalue weighted by Gasteiger charge is 2.21. The molecule has 0 saturated heterocycles. The molecule has 0 bridgehead atoms. The Morgan fingerprint density at radius 1 is 1.35 bits per heavy atom. The second kappa shape index (κ2) is 4.86. The Balaban J connectivity index is 2.12. The van der Waals surface area contributed by atoms with Crippen LogP contribution in [0, 0.1) is 18.3 Å².